The molecule has 0 aliphatic carbocycles. The first-order chi connectivity index (χ1) is 16.4. The number of piperidine rings is 1. The molecular weight excluding hydrogens is 498 g/mol. The number of halogens is 4. The molecule has 8 heteroatoms. The molecule has 4 rings (SSSR count). The highest BCUT2D eigenvalue weighted by Gasteiger charge is 2.16. The van der Waals surface area contributed by atoms with Crippen molar-refractivity contribution in [3.05, 3.63) is 80.5 Å². The van der Waals surface area contributed by atoms with E-state index in [1.165, 1.54) is 31.4 Å². The van der Waals surface area contributed by atoms with Crippen LogP contribution in [0.25, 0.3) is 0 Å². The molecule has 1 N–H and O–H groups in total. The van der Waals surface area contributed by atoms with Gasteiger partial charge in [0.1, 0.15) is 12.4 Å². The van der Waals surface area contributed by atoms with Crippen LogP contribution < -0.4 is 19.7 Å². The predicted molar refractivity (Wildman–Crippen MR) is 139 cm³/mol. The minimum absolute atomic E-state index is 0.134. The average Bonchev–Trinajstić information content (AvgIpc) is 2.83. The topological polar surface area (TPSA) is 33.7 Å². The summed E-state index contributed by atoms with van der Waals surface area (Å²) < 4.78 is 24.6. The standard InChI is InChI=1S/C26H26Cl3FN2O2/c1-33-25-12-17(11-23(29)26(25)34-16-18-5-6-19(30)13-21(18)27)15-31-20-7-8-24(22(28)14-20)32-9-3-2-4-10-32/h5-8,11-14,31H,2-4,9-10,15-16H2,1H3. The van der Waals surface area contributed by atoms with Crippen LogP contribution in [0, 0.1) is 5.82 Å². The van der Waals surface area contributed by atoms with Gasteiger partial charge in [-0.25, -0.2) is 4.39 Å². The molecule has 0 saturated carbocycles. The van der Waals surface area contributed by atoms with Crippen molar-refractivity contribution in [2.45, 2.75) is 32.4 Å². The van der Waals surface area contributed by atoms with E-state index in [-0.39, 0.29) is 6.61 Å². The summed E-state index contributed by atoms with van der Waals surface area (Å²) in [6, 6.07) is 13.9. The zero-order valence-electron chi connectivity index (χ0n) is 18.8. The summed E-state index contributed by atoms with van der Waals surface area (Å²) >= 11 is 19.2. The third-order valence-corrected chi connectivity index (χ3v) is 6.75. The van der Waals surface area contributed by atoms with Crippen molar-refractivity contribution in [3.8, 4) is 11.5 Å². The second kappa shape index (κ2) is 11.4. The Morgan fingerprint density at radius 2 is 1.71 bits per heavy atom. The van der Waals surface area contributed by atoms with Gasteiger partial charge in [-0.05, 0) is 67.3 Å². The molecule has 1 heterocycles. The van der Waals surface area contributed by atoms with E-state index in [0.717, 1.165) is 35.1 Å². The molecule has 0 atom stereocenters. The van der Waals surface area contributed by atoms with Gasteiger partial charge >= 0.3 is 0 Å². The summed E-state index contributed by atoms with van der Waals surface area (Å²) in [4.78, 5) is 2.35. The number of nitrogens with one attached hydrogen (secondary N) is 1. The van der Waals surface area contributed by atoms with Crippen LogP contribution >= 0.6 is 34.8 Å². The molecular formula is C26H26Cl3FN2O2. The van der Waals surface area contributed by atoms with Crippen molar-refractivity contribution in [2.75, 3.05) is 30.4 Å². The number of hydrogen-bond acceptors (Lipinski definition) is 4. The molecule has 0 spiro atoms. The van der Waals surface area contributed by atoms with Crippen LogP contribution in [0.2, 0.25) is 15.1 Å². The van der Waals surface area contributed by atoms with E-state index in [2.05, 4.69) is 16.3 Å². The molecule has 0 unspecified atom stereocenters. The van der Waals surface area contributed by atoms with Crippen molar-refractivity contribution >= 4 is 46.2 Å². The van der Waals surface area contributed by atoms with Gasteiger partial charge in [-0.2, -0.15) is 0 Å². The SMILES string of the molecule is COc1cc(CNc2ccc(N3CCCCC3)c(Cl)c2)cc(Cl)c1OCc1ccc(F)cc1Cl. The largest absolute Gasteiger partial charge is 0.493 e. The highest BCUT2D eigenvalue weighted by atomic mass is 35.5. The first kappa shape index (κ1) is 24.8. The lowest BCUT2D eigenvalue weighted by atomic mass is 10.1. The van der Waals surface area contributed by atoms with E-state index >= 15 is 0 Å². The van der Waals surface area contributed by atoms with Crippen molar-refractivity contribution < 1.29 is 13.9 Å². The molecule has 1 fully saturated rings. The Morgan fingerprint density at radius 3 is 2.41 bits per heavy atom. The maximum absolute atomic E-state index is 13.3. The Bertz CT molecular complexity index is 1150. The Kier molecular flexibility index (Phi) is 8.30. The summed E-state index contributed by atoms with van der Waals surface area (Å²) in [6.07, 6.45) is 3.69. The van der Waals surface area contributed by atoms with Crippen LogP contribution in [0.3, 0.4) is 0 Å². The molecule has 180 valence electrons. The van der Waals surface area contributed by atoms with Gasteiger partial charge in [0.2, 0.25) is 0 Å². The smallest absolute Gasteiger partial charge is 0.180 e. The molecule has 3 aromatic carbocycles. The average molecular weight is 524 g/mol. The third-order valence-electron chi connectivity index (χ3n) is 5.82. The van der Waals surface area contributed by atoms with Crippen molar-refractivity contribution in [1.29, 1.82) is 0 Å². The number of benzene rings is 3. The van der Waals surface area contributed by atoms with Gasteiger partial charge in [0.05, 0.1) is 27.9 Å². The quantitative estimate of drug-likeness (QED) is 0.324. The highest BCUT2D eigenvalue weighted by molar-refractivity contribution is 6.33. The van der Waals surface area contributed by atoms with Gasteiger partial charge in [-0.3, -0.25) is 0 Å². The summed E-state index contributed by atoms with van der Waals surface area (Å²) in [6.45, 7) is 2.76. The fourth-order valence-electron chi connectivity index (χ4n) is 4.02. The van der Waals surface area contributed by atoms with Crippen LogP contribution in [0.4, 0.5) is 15.8 Å². The van der Waals surface area contributed by atoms with Crippen LogP contribution in [0.15, 0.2) is 48.5 Å². The summed E-state index contributed by atoms with van der Waals surface area (Å²) in [5, 5.41) is 4.83. The molecule has 0 aromatic heterocycles. The van der Waals surface area contributed by atoms with E-state index in [1.54, 1.807) is 13.2 Å². The van der Waals surface area contributed by atoms with E-state index in [9.17, 15) is 4.39 Å². The lowest BCUT2D eigenvalue weighted by Gasteiger charge is -2.29. The van der Waals surface area contributed by atoms with Crippen LogP contribution in [-0.2, 0) is 13.2 Å². The molecule has 1 aliphatic heterocycles. The first-order valence-corrected chi connectivity index (χ1v) is 12.3. The van der Waals surface area contributed by atoms with Gasteiger partial charge in [-0.1, -0.05) is 40.9 Å². The number of hydrogen-bond donors (Lipinski definition) is 1. The van der Waals surface area contributed by atoms with Crippen LogP contribution in [0.5, 0.6) is 11.5 Å². The second-order valence-corrected chi connectivity index (χ2v) is 9.42. The van der Waals surface area contributed by atoms with Gasteiger partial charge in [0.25, 0.3) is 0 Å². The molecule has 1 saturated heterocycles. The lowest BCUT2D eigenvalue weighted by Crippen LogP contribution is -2.29. The predicted octanol–water partition coefficient (Wildman–Crippen LogP) is 7.98. The van der Waals surface area contributed by atoms with E-state index in [0.29, 0.717) is 33.7 Å². The van der Waals surface area contributed by atoms with E-state index < -0.39 is 5.82 Å². The number of anilines is 2. The molecule has 0 bridgehead atoms. The summed E-state index contributed by atoms with van der Waals surface area (Å²) in [7, 11) is 1.56. The fourth-order valence-corrected chi connectivity index (χ4v) is 4.83. The van der Waals surface area contributed by atoms with E-state index in [1.807, 2.05) is 24.3 Å². The zero-order chi connectivity index (χ0) is 24.1. The van der Waals surface area contributed by atoms with Crippen molar-refractivity contribution in [2.24, 2.45) is 0 Å². The third kappa shape index (κ3) is 6.01. The van der Waals surface area contributed by atoms with Gasteiger partial charge < -0.3 is 19.7 Å². The molecule has 34 heavy (non-hydrogen) atoms. The van der Waals surface area contributed by atoms with Crippen molar-refractivity contribution in [1.82, 2.24) is 0 Å². The fraction of sp³-hybridized carbons (Fsp3) is 0.308. The molecule has 3 aromatic rings. The molecule has 4 nitrogen and oxygen atoms in total. The highest BCUT2D eigenvalue weighted by Crippen LogP contribution is 2.38. The number of ether oxygens (including phenoxy) is 2. The van der Waals surface area contributed by atoms with Crippen molar-refractivity contribution in [3.63, 3.8) is 0 Å². The van der Waals surface area contributed by atoms with Gasteiger partial charge in [0.15, 0.2) is 11.5 Å². The Morgan fingerprint density at radius 1 is 0.912 bits per heavy atom. The molecule has 0 amide bonds. The monoisotopic (exact) mass is 522 g/mol. The van der Waals surface area contributed by atoms with Gasteiger partial charge in [-0.15, -0.1) is 0 Å². The molecule has 1 aliphatic rings. The normalized spacial score (nSPS) is 13.6. The number of rotatable bonds is 8. The Hall–Kier alpha value is -2.34. The van der Waals surface area contributed by atoms with Crippen LogP contribution in [-0.4, -0.2) is 20.2 Å². The maximum atomic E-state index is 13.3. The second-order valence-electron chi connectivity index (χ2n) is 8.20. The van der Waals surface area contributed by atoms with Gasteiger partial charge in [0, 0.05) is 30.9 Å². The Balaban J connectivity index is 1.42. The summed E-state index contributed by atoms with van der Waals surface area (Å²) in [5.74, 6) is 0.506. The minimum Gasteiger partial charge on any atom is -0.493 e. The summed E-state index contributed by atoms with van der Waals surface area (Å²) in [5.41, 5.74) is 3.58. The Labute approximate surface area is 214 Å². The zero-order valence-corrected chi connectivity index (χ0v) is 21.1. The number of methoxy groups -OCH3 is 1. The number of nitrogens with zero attached hydrogens (tertiary/aromatic N) is 1. The first-order valence-electron chi connectivity index (χ1n) is 11.2. The van der Waals surface area contributed by atoms with Crippen LogP contribution in [0.1, 0.15) is 30.4 Å². The minimum atomic E-state index is -0.399. The lowest BCUT2D eigenvalue weighted by molar-refractivity contribution is 0.284. The van der Waals surface area contributed by atoms with E-state index in [4.69, 9.17) is 44.3 Å². The molecule has 0 radical (unpaired) electrons. The maximum Gasteiger partial charge on any atom is 0.180 e.